The van der Waals surface area contributed by atoms with Crippen molar-refractivity contribution in [1.29, 1.82) is 0 Å². The summed E-state index contributed by atoms with van der Waals surface area (Å²) in [5.41, 5.74) is 1.38. The highest BCUT2D eigenvalue weighted by Gasteiger charge is 2.25. The summed E-state index contributed by atoms with van der Waals surface area (Å²) in [5.74, 6) is 0.0127. The topological polar surface area (TPSA) is 63.0 Å². The molecule has 1 aromatic carbocycles. The molecule has 1 aliphatic heterocycles. The Hall–Kier alpha value is -2.90. The predicted molar refractivity (Wildman–Crippen MR) is 92.6 cm³/mol. The maximum atomic E-state index is 12.4. The van der Waals surface area contributed by atoms with Crippen LogP contribution in [0.5, 0.6) is 5.75 Å². The standard InChI is InChI=1S/C19H20F2N2O4/c20-19(21)27-16-4-1-14(2-5-16)3-6-17(24)22-8-10-23(11-9-22)18(25)15-7-12-26-13-15/h1-2,4-5,7,12-13,19H,3,6,8-11H2. The molecular weight excluding hydrogens is 358 g/mol. The van der Waals surface area contributed by atoms with E-state index in [1.165, 1.54) is 24.7 Å². The summed E-state index contributed by atoms with van der Waals surface area (Å²) in [4.78, 5) is 28.1. The van der Waals surface area contributed by atoms with Crippen molar-refractivity contribution in [2.45, 2.75) is 19.5 Å². The zero-order valence-electron chi connectivity index (χ0n) is 14.6. The van der Waals surface area contributed by atoms with Crippen LogP contribution in [0.3, 0.4) is 0 Å². The minimum atomic E-state index is -2.85. The molecule has 2 amide bonds. The second kappa shape index (κ2) is 8.66. The number of carbonyl (C=O) groups is 2. The van der Waals surface area contributed by atoms with Crippen molar-refractivity contribution in [1.82, 2.24) is 9.80 Å². The van der Waals surface area contributed by atoms with Crippen LogP contribution in [0.1, 0.15) is 22.3 Å². The van der Waals surface area contributed by atoms with Gasteiger partial charge in [-0.25, -0.2) is 0 Å². The third-order valence-electron chi connectivity index (χ3n) is 4.46. The van der Waals surface area contributed by atoms with Gasteiger partial charge in [-0.1, -0.05) is 12.1 Å². The Balaban J connectivity index is 1.43. The Morgan fingerprint density at radius 3 is 2.30 bits per heavy atom. The quantitative estimate of drug-likeness (QED) is 0.776. The summed E-state index contributed by atoms with van der Waals surface area (Å²) in [6.45, 7) is -0.908. The van der Waals surface area contributed by atoms with Crippen LogP contribution in [0.4, 0.5) is 8.78 Å². The van der Waals surface area contributed by atoms with E-state index < -0.39 is 6.61 Å². The molecule has 0 bridgehead atoms. The first-order valence-electron chi connectivity index (χ1n) is 8.66. The third kappa shape index (κ3) is 5.06. The summed E-state index contributed by atoms with van der Waals surface area (Å²) in [6, 6.07) is 7.90. The van der Waals surface area contributed by atoms with Gasteiger partial charge in [0.1, 0.15) is 12.0 Å². The Labute approximate surface area is 155 Å². The first kappa shape index (κ1) is 18.9. The highest BCUT2D eigenvalue weighted by molar-refractivity contribution is 5.94. The molecule has 0 spiro atoms. The molecule has 144 valence electrons. The molecule has 1 aliphatic rings. The van der Waals surface area contributed by atoms with Crippen LogP contribution < -0.4 is 4.74 Å². The number of ether oxygens (including phenoxy) is 1. The van der Waals surface area contributed by atoms with Crippen LogP contribution in [0.15, 0.2) is 47.3 Å². The normalized spacial score (nSPS) is 14.5. The molecule has 2 heterocycles. The molecule has 8 heteroatoms. The largest absolute Gasteiger partial charge is 0.472 e. The van der Waals surface area contributed by atoms with Crippen molar-refractivity contribution in [2.24, 2.45) is 0 Å². The molecule has 1 saturated heterocycles. The summed E-state index contributed by atoms with van der Waals surface area (Å²) in [7, 11) is 0. The lowest BCUT2D eigenvalue weighted by molar-refractivity contribution is -0.132. The van der Waals surface area contributed by atoms with Gasteiger partial charge in [0.2, 0.25) is 5.91 Å². The lowest BCUT2D eigenvalue weighted by Gasteiger charge is -2.34. The smallest absolute Gasteiger partial charge is 0.387 e. The molecule has 0 N–H and O–H groups in total. The molecular formula is C19H20F2N2O4. The number of piperazine rings is 1. The molecule has 0 atom stereocenters. The molecule has 27 heavy (non-hydrogen) atoms. The Kier molecular flexibility index (Phi) is 6.05. The second-order valence-corrected chi connectivity index (χ2v) is 6.21. The van der Waals surface area contributed by atoms with Crippen LogP contribution in [-0.4, -0.2) is 54.4 Å². The van der Waals surface area contributed by atoms with Crippen LogP contribution in [0.25, 0.3) is 0 Å². The zero-order valence-corrected chi connectivity index (χ0v) is 14.6. The van der Waals surface area contributed by atoms with Gasteiger partial charge in [-0.3, -0.25) is 9.59 Å². The Bertz CT molecular complexity index is 755. The van der Waals surface area contributed by atoms with Crippen molar-refractivity contribution >= 4 is 11.8 Å². The fourth-order valence-corrected chi connectivity index (χ4v) is 2.97. The number of benzene rings is 1. The molecule has 6 nitrogen and oxygen atoms in total. The highest BCUT2D eigenvalue weighted by Crippen LogP contribution is 2.16. The molecule has 1 fully saturated rings. The molecule has 3 rings (SSSR count). The Morgan fingerprint density at radius 2 is 1.70 bits per heavy atom. The van der Waals surface area contributed by atoms with Gasteiger partial charge in [0.05, 0.1) is 11.8 Å². The van der Waals surface area contributed by atoms with E-state index in [-0.39, 0.29) is 17.6 Å². The second-order valence-electron chi connectivity index (χ2n) is 6.21. The molecule has 0 saturated carbocycles. The van der Waals surface area contributed by atoms with Gasteiger partial charge in [-0.15, -0.1) is 0 Å². The maximum absolute atomic E-state index is 12.4. The highest BCUT2D eigenvalue weighted by atomic mass is 19.3. The first-order valence-corrected chi connectivity index (χ1v) is 8.66. The fraction of sp³-hybridized carbons (Fsp3) is 0.368. The van der Waals surface area contributed by atoms with Crippen molar-refractivity contribution < 1.29 is 27.5 Å². The number of amides is 2. The monoisotopic (exact) mass is 378 g/mol. The van der Waals surface area contributed by atoms with Gasteiger partial charge in [-0.05, 0) is 30.2 Å². The van der Waals surface area contributed by atoms with Crippen LogP contribution in [-0.2, 0) is 11.2 Å². The van der Waals surface area contributed by atoms with E-state index in [4.69, 9.17) is 4.42 Å². The minimum absolute atomic E-state index is 0.0123. The van der Waals surface area contributed by atoms with Gasteiger partial charge >= 0.3 is 6.61 Å². The Morgan fingerprint density at radius 1 is 1.04 bits per heavy atom. The van der Waals surface area contributed by atoms with E-state index >= 15 is 0 Å². The van der Waals surface area contributed by atoms with E-state index in [0.717, 1.165) is 5.56 Å². The lowest BCUT2D eigenvalue weighted by Crippen LogP contribution is -2.50. The number of hydrogen-bond donors (Lipinski definition) is 0. The number of nitrogens with zero attached hydrogens (tertiary/aromatic N) is 2. The van der Waals surface area contributed by atoms with Crippen LogP contribution in [0.2, 0.25) is 0 Å². The fourth-order valence-electron chi connectivity index (χ4n) is 2.97. The van der Waals surface area contributed by atoms with Gasteiger partial charge in [0.25, 0.3) is 5.91 Å². The summed E-state index contributed by atoms with van der Waals surface area (Å²) in [5, 5.41) is 0. The lowest BCUT2D eigenvalue weighted by atomic mass is 10.1. The number of rotatable bonds is 6. The number of furan rings is 1. The van der Waals surface area contributed by atoms with Crippen molar-refractivity contribution in [3.63, 3.8) is 0 Å². The number of alkyl halides is 2. The zero-order chi connectivity index (χ0) is 19.2. The third-order valence-corrected chi connectivity index (χ3v) is 4.46. The average molecular weight is 378 g/mol. The van der Waals surface area contributed by atoms with E-state index in [1.807, 2.05) is 0 Å². The van der Waals surface area contributed by atoms with Crippen molar-refractivity contribution in [2.75, 3.05) is 26.2 Å². The van der Waals surface area contributed by atoms with Crippen molar-refractivity contribution in [3.8, 4) is 5.75 Å². The van der Waals surface area contributed by atoms with Gasteiger partial charge in [0, 0.05) is 32.6 Å². The van der Waals surface area contributed by atoms with E-state index in [0.29, 0.717) is 44.6 Å². The van der Waals surface area contributed by atoms with Crippen LogP contribution >= 0.6 is 0 Å². The minimum Gasteiger partial charge on any atom is -0.472 e. The van der Waals surface area contributed by atoms with Crippen LogP contribution in [0, 0.1) is 0 Å². The maximum Gasteiger partial charge on any atom is 0.387 e. The number of halogens is 2. The first-order chi connectivity index (χ1) is 13.0. The summed E-state index contributed by atoms with van der Waals surface area (Å²) < 4.78 is 33.5. The number of aryl methyl sites for hydroxylation is 1. The van der Waals surface area contributed by atoms with Gasteiger partial charge < -0.3 is 19.0 Å². The number of carbonyl (C=O) groups excluding carboxylic acids is 2. The molecule has 0 aliphatic carbocycles. The average Bonchev–Trinajstić information content (AvgIpc) is 3.21. The summed E-state index contributed by atoms with van der Waals surface area (Å²) in [6.07, 6.45) is 3.71. The predicted octanol–water partition coefficient (Wildman–Crippen LogP) is 2.80. The van der Waals surface area contributed by atoms with E-state index in [1.54, 1.807) is 28.0 Å². The van der Waals surface area contributed by atoms with E-state index in [2.05, 4.69) is 4.74 Å². The molecule has 0 unspecified atom stereocenters. The van der Waals surface area contributed by atoms with E-state index in [9.17, 15) is 18.4 Å². The molecule has 0 radical (unpaired) electrons. The van der Waals surface area contributed by atoms with Gasteiger partial charge in [0.15, 0.2) is 0 Å². The SMILES string of the molecule is O=C(CCc1ccc(OC(F)F)cc1)N1CCN(C(=O)c2ccoc2)CC1. The summed E-state index contributed by atoms with van der Waals surface area (Å²) >= 11 is 0. The van der Waals surface area contributed by atoms with Crippen molar-refractivity contribution in [3.05, 3.63) is 54.0 Å². The molecule has 1 aromatic heterocycles. The molecule has 2 aromatic rings. The number of hydrogen-bond acceptors (Lipinski definition) is 4. The van der Waals surface area contributed by atoms with Gasteiger partial charge in [-0.2, -0.15) is 8.78 Å².